The number of allylic oxidation sites excluding steroid dienone is 12. The molecule has 0 aliphatic rings. The highest BCUT2D eigenvalue weighted by atomic mass is 31.2. The quantitative estimate of drug-likeness (QED) is 0.0243. The van der Waals surface area contributed by atoms with Crippen molar-refractivity contribution in [3.63, 3.8) is 0 Å². The summed E-state index contributed by atoms with van der Waals surface area (Å²) in [5.74, 6) is -0.187. The number of hydrogen-bond donors (Lipinski definition) is 3. The molecule has 372 valence electrons. The van der Waals surface area contributed by atoms with Crippen LogP contribution in [0.25, 0.3) is 0 Å². The fourth-order valence-corrected chi connectivity index (χ4v) is 8.08. The second kappa shape index (κ2) is 46.1. The number of amides is 1. The number of aliphatic hydroxyl groups is 1. The van der Waals surface area contributed by atoms with Gasteiger partial charge >= 0.3 is 7.82 Å². The predicted octanol–water partition coefficient (Wildman–Crippen LogP) is 15.5. The van der Waals surface area contributed by atoms with E-state index < -0.39 is 20.0 Å². The van der Waals surface area contributed by atoms with E-state index in [-0.39, 0.29) is 19.1 Å². The largest absolute Gasteiger partial charge is 0.472 e. The first-order valence-corrected chi connectivity index (χ1v) is 27.8. The van der Waals surface area contributed by atoms with Gasteiger partial charge in [0.15, 0.2) is 0 Å². The van der Waals surface area contributed by atoms with Gasteiger partial charge in [-0.15, -0.1) is 0 Å². The summed E-state index contributed by atoms with van der Waals surface area (Å²) in [5, 5.41) is 14.0. The molecule has 3 N–H and O–H groups in total. The van der Waals surface area contributed by atoms with Crippen molar-refractivity contribution in [2.24, 2.45) is 0 Å². The van der Waals surface area contributed by atoms with Crippen LogP contribution in [0.5, 0.6) is 0 Å². The Labute approximate surface area is 395 Å². The number of hydrogen-bond acceptors (Lipinski definition) is 5. The lowest BCUT2D eigenvalue weighted by molar-refractivity contribution is -0.870. The highest BCUT2D eigenvalue weighted by Crippen LogP contribution is 2.43. The Kier molecular flexibility index (Phi) is 44.6. The van der Waals surface area contributed by atoms with Crippen molar-refractivity contribution in [3.05, 3.63) is 72.9 Å². The molecule has 0 bridgehead atoms. The van der Waals surface area contributed by atoms with Gasteiger partial charge in [0.05, 0.1) is 39.9 Å². The van der Waals surface area contributed by atoms with E-state index >= 15 is 0 Å². The van der Waals surface area contributed by atoms with Crippen molar-refractivity contribution in [2.75, 3.05) is 40.9 Å². The molecule has 0 spiro atoms. The first-order valence-electron chi connectivity index (χ1n) is 26.3. The van der Waals surface area contributed by atoms with Crippen molar-refractivity contribution in [3.8, 4) is 0 Å². The summed E-state index contributed by atoms with van der Waals surface area (Å²) >= 11 is 0. The van der Waals surface area contributed by atoms with Gasteiger partial charge < -0.3 is 19.8 Å². The van der Waals surface area contributed by atoms with E-state index in [1.807, 2.05) is 21.1 Å². The monoisotopic (exact) mass is 918 g/mol. The molecule has 0 heterocycles. The third kappa shape index (κ3) is 47.9. The fraction of sp³-hybridized carbons (Fsp3) is 0.764. The first-order chi connectivity index (χ1) is 31.0. The molecule has 0 aromatic carbocycles. The zero-order valence-electron chi connectivity index (χ0n) is 42.3. The van der Waals surface area contributed by atoms with Gasteiger partial charge in [0.2, 0.25) is 5.91 Å². The number of phosphoric acid groups is 1. The smallest absolute Gasteiger partial charge is 0.391 e. The normalized spacial score (nSPS) is 14.7. The van der Waals surface area contributed by atoms with E-state index in [2.05, 4.69) is 92.1 Å². The number of nitrogens with one attached hydrogen (secondary N) is 1. The summed E-state index contributed by atoms with van der Waals surface area (Å²) in [7, 11) is 1.58. The average molecular weight is 918 g/mol. The predicted molar refractivity (Wildman–Crippen MR) is 276 cm³/mol. The van der Waals surface area contributed by atoms with Crippen LogP contribution in [0.2, 0.25) is 0 Å². The molecular weight excluding hydrogens is 816 g/mol. The van der Waals surface area contributed by atoms with Crippen molar-refractivity contribution in [1.82, 2.24) is 5.32 Å². The number of unbranched alkanes of at least 4 members (excludes halogenated alkanes) is 22. The van der Waals surface area contributed by atoms with Crippen LogP contribution in [-0.4, -0.2) is 73.4 Å². The number of likely N-dealkylation sites (N-methyl/N-ethyl adjacent to an activating group) is 1. The Morgan fingerprint density at radius 2 is 0.938 bits per heavy atom. The maximum Gasteiger partial charge on any atom is 0.472 e. The lowest BCUT2D eigenvalue weighted by Gasteiger charge is -2.26. The lowest BCUT2D eigenvalue weighted by Crippen LogP contribution is -2.46. The van der Waals surface area contributed by atoms with Crippen LogP contribution in [-0.2, 0) is 18.4 Å². The van der Waals surface area contributed by atoms with Gasteiger partial charge in [0, 0.05) is 6.42 Å². The number of nitrogens with zero attached hydrogens (tertiary/aromatic N) is 1. The molecule has 3 atom stereocenters. The first kappa shape index (κ1) is 61.9. The van der Waals surface area contributed by atoms with Crippen LogP contribution in [0, 0.1) is 0 Å². The van der Waals surface area contributed by atoms with Crippen LogP contribution in [0.4, 0.5) is 0 Å². The Morgan fingerprint density at radius 1 is 0.547 bits per heavy atom. The van der Waals surface area contributed by atoms with Gasteiger partial charge in [-0.3, -0.25) is 13.8 Å². The van der Waals surface area contributed by atoms with Crippen molar-refractivity contribution >= 4 is 13.7 Å². The number of carbonyl (C=O) groups excluding carboxylic acids is 1. The van der Waals surface area contributed by atoms with Crippen molar-refractivity contribution in [2.45, 2.75) is 231 Å². The molecule has 9 heteroatoms. The van der Waals surface area contributed by atoms with Gasteiger partial charge in [-0.1, -0.05) is 222 Å². The fourth-order valence-electron chi connectivity index (χ4n) is 7.34. The summed E-state index contributed by atoms with van der Waals surface area (Å²) < 4.78 is 23.7. The van der Waals surface area contributed by atoms with E-state index in [4.69, 9.17) is 9.05 Å². The molecule has 0 aliphatic heterocycles. The topological polar surface area (TPSA) is 105 Å². The van der Waals surface area contributed by atoms with Gasteiger partial charge in [0.1, 0.15) is 13.2 Å². The van der Waals surface area contributed by atoms with Crippen LogP contribution in [0.3, 0.4) is 0 Å². The third-order valence-corrected chi connectivity index (χ3v) is 12.5. The molecule has 0 aromatic rings. The number of carbonyl (C=O) groups is 1. The van der Waals surface area contributed by atoms with Crippen LogP contribution in [0.15, 0.2) is 72.9 Å². The van der Waals surface area contributed by atoms with Crippen LogP contribution >= 0.6 is 7.82 Å². The summed E-state index contributed by atoms with van der Waals surface area (Å²) in [6, 6.07) is -0.788. The van der Waals surface area contributed by atoms with E-state index in [0.29, 0.717) is 30.3 Å². The van der Waals surface area contributed by atoms with Crippen LogP contribution in [0.1, 0.15) is 219 Å². The minimum atomic E-state index is -4.34. The molecule has 0 rings (SSSR count). The molecule has 0 fully saturated rings. The number of quaternary nitrogens is 1. The lowest BCUT2D eigenvalue weighted by atomic mass is 10.0. The van der Waals surface area contributed by atoms with E-state index in [9.17, 15) is 19.4 Å². The molecule has 3 unspecified atom stereocenters. The molecule has 1 amide bonds. The summed E-state index contributed by atoms with van der Waals surface area (Å²) in [4.78, 5) is 23.3. The Hall–Kier alpha value is -2.06. The zero-order valence-corrected chi connectivity index (χ0v) is 43.1. The second-order valence-corrected chi connectivity index (χ2v) is 20.3. The standard InChI is InChI=1S/C55H101N2O6P/c1-6-8-10-12-14-16-18-20-22-24-26-28-30-32-34-36-38-40-42-44-46-48-54(58)53(52-63-64(60,61)62-51-50-57(3,4)5)56-55(59)49-47-45-43-41-39-37-35-33-31-29-27-25-23-21-19-17-15-13-11-9-7-2/h9,11,15,17,21,23,27,29,33,35,39,41,53-54,58H,6-8,10,12-14,16,18-20,22,24-26,28,30-32,34,36-38,40,42-52H2,1-5H3,(H-,56,59,60,61)/p+1/b11-9-,17-15-,23-21-,29-27-,35-33-,41-39-. The third-order valence-electron chi connectivity index (χ3n) is 11.5. The Morgan fingerprint density at radius 3 is 1.34 bits per heavy atom. The van der Waals surface area contributed by atoms with Crippen molar-refractivity contribution in [1.29, 1.82) is 0 Å². The molecule has 0 radical (unpaired) electrons. The Bertz CT molecular complexity index is 1270. The van der Waals surface area contributed by atoms with Crippen molar-refractivity contribution < 1.29 is 32.9 Å². The molecule has 0 saturated carbocycles. The number of aliphatic hydroxyl groups excluding tert-OH is 1. The molecule has 8 nitrogen and oxygen atoms in total. The molecular formula is C55H102N2O6P+. The maximum atomic E-state index is 12.9. The summed E-state index contributed by atoms with van der Waals surface area (Å²) in [6.07, 6.45) is 62.3. The Balaban J connectivity index is 4.35. The minimum Gasteiger partial charge on any atom is -0.391 e. The average Bonchev–Trinajstić information content (AvgIpc) is 3.25. The summed E-state index contributed by atoms with van der Waals surface area (Å²) in [5.41, 5.74) is 0. The second-order valence-electron chi connectivity index (χ2n) is 18.9. The number of rotatable bonds is 47. The van der Waals surface area contributed by atoms with Gasteiger partial charge in [-0.25, -0.2) is 4.57 Å². The molecule has 0 aromatic heterocycles. The van der Waals surface area contributed by atoms with Gasteiger partial charge in [0.25, 0.3) is 0 Å². The van der Waals surface area contributed by atoms with Gasteiger partial charge in [-0.05, 0) is 64.2 Å². The maximum absolute atomic E-state index is 12.9. The highest BCUT2D eigenvalue weighted by Gasteiger charge is 2.28. The molecule has 64 heavy (non-hydrogen) atoms. The SMILES string of the molecule is CC/C=C\C/C=C\C/C=C\C/C=C\C/C=C\C/C=C\CCCCC(=O)NC(COP(=O)(O)OCC[N+](C)(C)C)C(O)CCCCCCCCCCCCCCCCCCCCCCC. The zero-order chi connectivity index (χ0) is 47.1. The van der Waals surface area contributed by atoms with E-state index in [1.54, 1.807) is 0 Å². The van der Waals surface area contributed by atoms with E-state index in [1.165, 1.54) is 116 Å². The van der Waals surface area contributed by atoms with Crippen LogP contribution < -0.4 is 5.32 Å². The van der Waals surface area contributed by atoms with E-state index in [0.717, 1.165) is 70.6 Å². The molecule has 0 saturated heterocycles. The summed E-state index contributed by atoms with van der Waals surface area (Å²) in [6.45, 7) is 4.75. The molecule has 0 aliphatic carbocycles. The minimum absolute atomic E-state index is 0.0626. The number of phosphoric ester groups is 1. The van der Waals surface area contributed by atoms with Gasteiger partial charge in [-0.2, -0.15) is 0 Å². The highest BCUT2D eigenvalue weighted by molar-refractivity contribution is 7.47.